The fourth-order valence-corrected chi connectivity index (χ4v) is 6.05. The molecule has 2 aromatic rings. The number of fused-ring (bicyclic) bond motifs is 1. The van der Waals surface area contributed by atoms with Gasteiger partial charge in [-0.1, -0.05) is 37.6 Å². The molecule has 8 nitrogen and oxygen atoms in total. The van der Waals surface area contributed by atoms with E-state index in [4.69, 9.17) is 16.3 Å². The van der Waals surface area contributed by atoms with Gasteiger partial charge in [-0.25, -0.2) is 8.42 Å². The van der Waals surface area contributed by atoms with Crippen LogP contribution in [0.3, 0.4) is 0 Å². The average Bonchev–Trinajstić information content (AvgIpc) is 3.24. The van der Waals surface area contributed by atoms with Gasteiger partial charge in [0, 0.05) is 18.3 Å². The van der Waals surface area contributed by atoms with Crippen LogP contribution in [0.15, 0.2) is 41.3 Å². The average molecular weight is 478 g/mol. The molecule has 2 aliphatic rings. The maximum absolute atomic E-state index is 13.4. The highest BCUT2D eigenvalue weighted by Gasteiger charge is 2.41. The number of carbonyl (C=O) groups is 2. The summed E-state index contributed by atoms with van der Waals surface area (Å²) in [6.45, 7) is 4.16. The Hall–Kier alpha value is -2.62. The maximum atomic E-state index is 13.4. The Labute approximate surface area is 191 Å². The zero-order valence-electron chi connectivity index (χ0n) is 17.7. The highest BCUT2D eigenvalue weighted by Crippen LogP contribution is 2.38. The molecule has 0 saturated carbocycles. The van der Waals surface area contributed by atoms with Crippen LogP contribution >= 0.6 is 11.6 Å². The number of sulfonamides is 1. The van der Waals surface area contributed by atoms with Crippen molar-refractivity contribution in [3.05, 3.63) is 47.0 Å². The normalized spacial score (nSPS) is 18.8. The first kappa shape index (κ1) is 22.6. The van der Waals surface area contributed by atoms with Crippen molar-refractivity contribution >= 4 is 44.8 Å². The number of anilines is 2. The summed E-state index contributed by atoms with van der Waals surface area (Å²) in [5.74, 6) is -0.144. The van der Waals surface area contributed by atoms with E-state index < -0.39 is 16.1 Å². The van der Waals surface area contributed by atoms with E-state index in [-0.39, 0.29) is 40.6 Å². The molecule has 1 atom stereocenters. The smallest absolute Gasteiger partial charge is 0.262 e. The summed E-state index contributed by atoms with van der Waals surface area (Å²) in [6, 6.07) is 9.30. The minimum Gasteiger partial charge on any atom is -0.482 e. The lowest BCUT2D eigenvalue weighted by Gasteiger charge is -2.25. The molecule has 1 fully saturated rings. The third-order valence-electron chi connectivity index (χ3n) is 5.60. The summed E-state index contributed by atoms with van der Waals surface area (Å²) < 4.78 is 33.3. The molecular weight excluding hydrogens is 454 g/mol. The van der Waals surface area contributed by atoms with E-state index in [0.717, 1.165) is 5.56 Å². The van der Waals surface area contributed by atoms with Crippen LogP contribution in [-0.4, -0.2) is 43.7 Å². The van der Waals surface area contributed by atoms with E-state index in [9.17, 15) is 18.0 Å². The van der Waals surface area contributed by atoms with Gasteiger partial charge in [-0.05, 0) is 42.5 Å². The Morgan fingerprint density at radius 2 is 1.97 bits per heavy atom. The number of hydrogen-bond donors (Lipinski definition) is 2. The summed E-state index contributed by atoms with van der Waals surface area (Å²) in [7, 11) is -4.07. The Kier molecular flexibility index (Phi) is 6.15. The number of nitrogens with one attached hydrogen (secondary N) is 2. The molecule has 2 amide bonds. The molecule has 32 heavy (non-hydrogen) atoms. The van der Waals surface area contributed by atoms with Crippen LogP contribution in [0.4, 0.5) is 11.4 Å². The summed E-state index contributed by atoms with van der Waals surface area (Å²) in [6.07, 6.45) is 0.961. The number of rotatable bonds is 5. The van der Waals surface area contributed by atoms with E-state index in [0.29, 0.717) is 30.1 Å². The van der Waals surface area contributed by atoms with Crippen LogP contribution in [0.2, 0.25) is 5.02 Å². The molecular formula is C22H24ClN3O5S. The molecule has 0 spiro atoms. The standard InChI is InChI=1S/C22H24ClN3O5S/c1-13(2)14-5-7-15(8-6-14)24-22(28)18-4-3-9-26(18)32(29,30)20-11-19-17(10-16(20)23)25-21(27)12-31-19/h5-8,10-11,13,18H,3-4,9,12H2,1-2H3,(H,24,28)(H,25,27)/t18-/m1/s1. The Morgan fingerprint density at radius 3 is 2.66 bits per heavy atom. The third-order valence-corrected chi connectivity index (χ3v) is 7.98. The molecule has 0 unspecified atom stereocenters. The number of carbonyl (C=O) groups excluding carboxylic acids is 2. The summed E-state index contributed by atoms with van der Waals surface area (Å²) >= 11 is 6.26. The summed E-state index contributed by atoms with van der Waals surface area (Å²) in [4.78, 5) is 24.3. The molecule has 2 aliphatic heterocycles. The zero-order chi connectivity index (χ0) is 23.0. The lowest BCUT2D eigenvalue weighted by atomic mass is 10.0. The van der Waals surface area contributed by atoms with Gasteiger partial charge in [-0.2, -0.15) is 4.31 Å². The van der Waals surface area contributed by atoms with Gasteiger partial charge in [-0.15, -0.1) is 0 Å². The first-order valence-electron chi connectivity index (χ1n) is 10.4. The van der Waals surface area contributed by atoms with E-state index in [1.165, 1.54) is 16.4 Å². The first-order valence-corrected chi connectivity index (χ1v) is 12.2. The van der Waals surface area contributed by atoms with Crippen LogP contribution in [-0.2, 0) is 19.6 Å². The van der Waals surface area contributed by atoms with E-state index in [1.807, 2.05) is 24.3 Å². The summed E-state index contributed by atoms with van der Waals surface area (Å²) in [5.41, 5.74) is 2.07. The van der Waals surface area contributed by atoms with Crippen molar-refractivity contribution in [1.29, 1.82) is 0 Å². The second kappa shape index (κ2) is 8.73. The molecule has 0 radical (unpaired) electrons. The van der Waals surface area contributed by atoms with Gasteiger partial charge in [0.15, 0.2) is 6.61 Å². The van der Waals surface area contributed by atoms with Crippen LogP contribution in [0.1, 0.15) is 38.2 Å². The maximum Gasteiger partial charge on any atom is 0.262 e. The number of halogens is 1. The fraction of sp³-hybridized carbons (Fsp3) is 0.364. The molecule has 0 aromatic heterocycles. The zero-order valence-corrected chi connectivity index (χ0v) is 19.3. The number of amides is 2. The van der Waals surface area contributed by atoms with Crippen LogP contribution in [0.5, 0.6) is 5.75 Å². The molecule has 0 bridgehead atoms. The second-order valence-corrected chi connectivity index (χ2v) is 10.4. The van der Waals surface area contributed by atoms with E-state index >= 15 is 0 Å². The number of hydrogen-bond acceptors (Lipinski definition) is 5. The number of ether oxygens (including phenoxy) is 1. The SMILES string of the molecule is CC(C)c1ccc(NC(=O)[C@H]2CCCN2S(=O)(=O)c2cc3c(cc2Cl)NC(=O)CO3)cc1. The third kappa shape index (κ3) is 4.32. The molecule has 170 valence electrons. The van der Waals surface area contributed by atoms with E-state index in [2.05, 4.69) is 24.5 Å². The molecule has 2 aromatic carbocycles. The van der Waals surface area contributed by atoms with Crippen molar-refractivity contribution in [1.82, 2.24) is 4.31 Å². The highest BCUT2D eigenvalue weighted by molar-refractivity contribution is 7.89. The van der Waals surface area contributed by atoms with Crippen molar-refractivity contribution in [3.8, 4) is 5.75 Å². The van der Waals surface area contributed by atoms with E-state index in [1.54, 1.807) is 0 Å². The van der Waals surface area contributed by atoms with Gasteiger partial charge in [0.2, 0.25) is 15.9 Å². The van der Waals surface area contributed by atoms with Gasteiger partial charge in [0.05, 0.1) is 10.7 Å². The molecule has 0 aliphatic carbocycles. The fourth-order valence-electron chi connectivity index (χ4n) is 3.87. The number of nitrogens with zero attached hydrogens (tertiary/aromatic N) is 1. The lowest BCUT2D eigenvalue weighted by Crippen LogP contribution is -2.43. The van der Waals surface area contributed by atoms with Crippen LogP contribution in [0, 0.1) is 0 Å². The Morgan fingerprint density at radius 1 is 1.25 bits per heavy atom. The Bertz CT molecular complexity index is 1160. The van der Waals surface area contributed by atoms with Crippen molar-refractivity contribution in [2.75, 3.05) is 23.8 Å². The van der Waals surface area contributed by atoms with Crippen LogP contribution < -0.4 is 15.4 Å². The molecule has 4 rings (SSSR count). The van der Waals surface area contributed by atoms with Gasteiger partial charge in [0.25, 0.3) is 5.91 Å². The molecule has 10 heteroatoms. The van der Waals surface area contributed by atoms with Crippen molar-refractivity contribution in [2.45, 2.75) is 43.5 Å². The molecule has 1 saturated heterocycles. The highest BCUT2D eigenvalue weighted by atomic mass is 35.5. The van der Waals surface area contributed by atoms with Gasteiger partial charge < -0.3 is 15.4 Å². The number of benzene rings is 2. The molecule has 2 heterocycles. The lowest BCUT2D eigenvalue weighted by molar-refractivity contribution is -0.119. The second-order valence-electron chi connectivity index (χ2n) is 8.16. The minimum absolute atomic E-state index is 0.0510. The van der Waals surface area contributed by atoms with Gasteiger partial charge in [-0.3, -0.25) is 9.59 Å². The quantitative estimate of drug-likeness (QED) is 0.684. The minimum atomic E-state index is -4.07. The summed E-state index contributed by atoms with van der Waals surface area (Å²) in [5, 5.41) is 5.36. The van der Waals surface area contributed by atoms with Crippen molar-refractivity contribution < 1.29 is 22.7 Å². The van der Waals surface area contributed by atoms with Gasteiger partial charge in [0.1, 0.15) is 16.7 Å². The monoisotopic (exact) mass is 477 g/mol. The van der Waals surface area contributed by atoms with Crippen LogP contribution in [0.25, 0.3) is 0 Å². The predicted molar refractivity (Wildman–Crippen MR) is 122 cm³/mol. The Balaban J connectivity index is 1.57. The predicted octanol–water partition coefficient (Wildman–Crippen LogP) is 3.59. The first-order chi connectivity index (χ1) is 15.2. The largest absolute Gasteiger partial charge is 0.482 e. The molecule has 2 N–H and O–H groups in total. The van der Waals surface area contributed by atoms with Crippen molar-refractivity contribution in [2.24, 2.45) is 0 Å². The van der Waals surface area contributed by atoms with Gasteiger partial charge >= 0.3 is 0 Å². The topological polar surface area (TPSA) is 105 Å². The van der Waals surface area contributed by atoms with Crippen molar-refractivity contribution in [3.63, 3.8) is 0 Å².